The largest absolute Gasteiger partial charge is 0.496 e. The van der Waals surface area contributed by atoms with Gasteiger partial charge in [-0.25, -0.2) is 0 Å². The molecule has 0 bridgehead atoms. The number of ether oxygens (including phenoxy) is 1. The monoisotopic (exact) mass is 269 g/mol. The smallest absolute Gasteiger partial charge is 0.123 e. The van der Waals surface area contributed by atoms with Crippen molar-refractivity contribution in [3.63, 3.8) is 0 Å². The summed E-state index contributed by atoms with van der Waals surface area (Å²) in [6.07, 6.45) is 0. The number of benzene rings is 1. The van der Waals surface area contributed by atoms with E-state index in [0.29, 0.717) is 5.92 Å². The first-order valence-corrected chi connectivity index (χ1v) is 5.87. The van der Waals surface area contributed by atoms with Gasteiger partial charge in [0, 0.05) is 16.4 Å². The van der Waals surface area contributed by atoms with E-state index in [0.717, 1.165) is 10.2 Å². The second-order valence-electron chi connectivity index (χ2n) is 4.71. The molecule has 0 heterocycles. The Kier molecular flexibility index (Phi) is 2.55. The normalized spacial score (nSPS) is 27.5. The van der Waals surface area contributed by atoms with Gasteiger partial charge in [0.2, 0.25) is 0 Å². The maximum absolute atomic E-state index is 6.07. The first kappa shape index (κ1) is 11.0. The van der Waals surface area contributed by atoms with E-state index in [9.17, 15) is 0 Å². The highest BCUT2D eigenvalue weighted by atomic mass is 79.9. The summed E-state index contributed by atoms with van der Waals surface area (Å²) in [6.45, 7) is 4.40. The number of halogens is 1. The molecular weight excluding hydrogens is 254 g/mol. The Labute approximate surface area is 98.9 Å². The fraction of sp³-hybridized carbons (Fsp3) is 0.500. The van der Waals surface area contributed by atoms with Crippen molar-refractivity contribution < 1.29 is 4.74 Å². The lowest BCUT2D eigenvalue weighted by Crippen LogP contribution is -2.06. The SMILES string of the molecule is COc1cc(Br)ccc1[C@@H]1[C@@H](N)C1(C)C. The zero-order valence-electron chi connectivity index (χ0n) is 9.25. The van der Waals surface area contributed by atoms with Gasteiger partial charge in [-0.2, -0.15) is 0 Å². The second-order valence-corrected chi connectivity index (χ2v) is 5.63. The summed E-state index contributed by atoms with van der Waals surface area (Å²) in [4.78, 5) is 0. The van der Waals surface area contributed by atoms with Gasteiger partial charge in [-0.1, -0.05) is 35.8 Å². The summed E-state index contributed by atoms with van der Waals surface area (Å²) < 4.78 is 6.42. The lowest BCUT2D eigenvalue weighted by atomic mass is 10.0. The van der Waals surface area contributed by atoms with Crippen LogP contribution < -0.4 is 10.5 Å². The van der Waals surface area contributed by atoms with E-state index in [-0.39, 0.29) is 11.5 Å². The molecule has 0 radical (unpaired) electrons. The molecule has 0 spiro atoms. The van der Waals surface area contributed by atoms with Crippen LogP contribution in [0.15, 0.2) is 22.7 Å². The standard InChI is InChI=1S/C12H16BrNO/c1-12(2)10(11(12)14)8-5-4-7(13)6-9(8)15-3/h4-6,10-11H,14H2,1-3H3/t10-,11-/m1/s1. The van der Waals surface area contributed by atoms with Gasteiger partial charge in [-0.3, -0.25) is 0 Å². The second kappa shape index (κ2) is 3.49. The van der Waals surface area contributed by atoms with Gasteiger partial charge in [0.1, 0.15) is 5.75 Å². The van der Waals surface area contributed by atoms with Gasteiger partial charge >= 0.3 is 0 Å². The van der Waals surface area contributed by atoms with Crippen LogP contribution in [0.5, 0.6) is 5.75 Å². The van der Waals surface area contributed by atoms with Crippen LogP contribution in [-0.2, 0) is 0 Å². The van der Waals surface area contributed by atoms with Gasteiger partial charge in [0.15, 0.2) is 0 Å². The average Bonchev–Trinajstić information content (AvgIpc) is 2.67. The molecule has 1 aliphatic carbocycles. The third kappa shape index (κ3) is 1.68. The Morgan fingerprint density at radius 2 is 2.00 bits per heavy atom. The van der Waals surface area contributed by atoms with Crippen molar-refractivity contribution >= 4 is 15.9 Å². The molecule has 0 unspecified atom stereocenters. The Morgan fingerprint density at radius 3 is 2.47 bits per heavy atom. The molecule has 0 saturated heterocycles. The molecule has 0 amide bonds. The highest BCUT2D eigenvalue weighted by Crippen LogP contribution is 2.59. The molecule has 1 saturated carbocycles. The molecule has 82 valence electrons. The van der Waals surface area contributed by atoms with Crippen LogP contribution in [-0.4, -0.2) is 13.2 Å². The van der Waals surface area contributed by atoms with Gasteiger partial charge in [-0.15, -0.1) is 0 Å². The van der Waals surface area contributed by atoms with Crippen LogP contribution >= 0.6 is 15.9 Å². The van der Waals surface area contributed by atoms with E-state index >= 15 is 0 Å². The molecule has 1 aromatic rings. The molecule has 2 rings (SSSR count). The van der Waals surface area contributed by atoms with Crippen molar-refractivity contribution in [3.8, 4) is 5.75 Å². The topological polar surface area (TPSA) is 35.2 Å². The summed E-state index contributed by atoms with van der Waals surface area (Å²) in [5.41, 5.74) is 7.49. The first-order chi connectivity index (χ1) is 6.98. The number of hydrogen-bond donors (Lipinski definition) is 1. The van der Waals surface area contributed by atoms with Crippen LogP contribution in [0.1, 0.15) is 25.3 Å². The molecular formula is C12H16BrNO. The lowest BCUT2D eigenvalue weighted by Gasteiger charge is -2.09. The molecule has 1 aromatic carbocycles. The Balaban J connectivity index is 2.38. The van der Waals surface area contributed by atoms with Crippen LogP contribution in [0.4, 0.5) is 0 Å². The lowest BCUT2D eigenvalue weighted by molar-refractivity contribution is 0.407. The van der Waals surface area contributed by atoms with Crippen LogP contribution in [0, 0.1) is 5.41 Å². The zero-order valence-corrected chi connectivity index (χ0v) is 10.8. The van der Waals surface area contributed by atoms with Crippen molar-refractivity contribution in [2.75, 3.05) is 7.11 Å². The number of hydrogen-bond acceptors (Lipinski definition) is 2. The van der Waals surface area contributed by atoms with E-state index in [1.54, 1.807) is 7.11 Å². The minimum absolute atomic E-state index is 0.196. The third-order valence-corrected chi connectivity index (χ3v) is 3.93. The fourth-order valence-electron chi connectivity index (χ4n) is 2.21. The summed E-state index contributed by atoms with van der Waals surface area (Å²) in [7, 11) is 1.70. The number of nitrogens with two attached hydrogens (primary N) is 1. The van der Waals surface area contributed by atoms with Gasteiger partial charge in [-0.05, 0) is 23.1 Å². The van der Waals surface area contributed by atoms with Crippen LogP contribution in [0.25, 0.3) is 0 Å². The predicted octanol–water partition coefficient (Wildman–Crippen LogP) is 2.91. The fourth-order valence-corrected chi connectivity index (χ4v) is 2.55. The molecule has 2 atom stereocenters. The van der Waals surface area contributed by atoms with E-state index in [1.807, 2.05) is 12.1 Å². The molecule has 15 heavy (non-hydrogen) atoms. The predicted molar refractivity (Wildman–Crippen MR) is 65.2 cm³/mol. The molecule has 3 heteroatoms. The third-order valence-electron chi connectivity index (χ3n) is 3.44. The van der Waals surface area contributed by atoms with Crippen molar-refractivity contribution in [1.29, 1.82) is 0 Å². The van der Waals surface area contributed by atoms with Crippen LogP contribution in [0.3, 0.4) is 0 Å². The summed E-state index contributed by atoms with van der Waals surface area (Å²) in [5, 5.41) is 0. The first-order valence-electron chi connectivity index (χ1n) is 5.07. The molecule has 0 aromatic heterocycles. The maximum atomic E-state index is 6.07. The van der Waals surface area contributed by atoms with E-state index in [4.69, 9.17) is 10.5 Å². The number of methoxy groups -OCH3 is 1. The van der Waals surface area contributed by atoms with Gasteiger partial charge in [0.05, 0.1) is 7.11 Å². The minimum Gasteiger partial charge on any atom is -0.496 e. The summed E-state index contributed by atoms with van der Waals surface area (Å²) in [5.74, 6) is 1.34. The average molecular weight is 270 g/mol. The molecule has 1 fully saturated rings. The molecule has 2 nitrogen and oxygen atoms in total. The molecule has 2 N–H and O–H groups in total. The Morgan fingerprint density at radius 1 is 1.40 bits per heavy atom. The summed E-state index contributed by atoms with van der Waals surface area (Å²) >= 11 is 3.44. The van der Waals surface area contributed by atoms with Gasteiger partial charge < -0.3 is 10.5 Å². The van der Waals surface area contributed by atoms with Crippen LogP contribution in [0.2, 0.25) is 0 Å². The van der Waals surface area contributed by atoms with E-state index < -0.39 is 0 Å². The minimum atomic E-state index is 0.196. The van der Waals surface area contributed by atoms with Gasteiger partial charge in [0.25, 0.3) is 0 Å². The molecule has 0 aliphatic heterocycles. The highest BCUT2D eigenvalue weighted by Gasteiger charge is 2.57. The van der Waals surface area contributed by atoms with Crippen molar-refractivity contribution in [2.45, 2.75) is 25.8 Å². The van der Waals surface area contributed by atoms with E-state index in [2.05, 4.69) is 35.8 Å². The Hall–Kier alpha value is -0.540. The Bertz CT molecular complexity index is 389. The van der Waals surface area contributed by atoms with Crippen molar-refractivity contribution in [3.05, 3.63) is 28.2 Å². The zero-order chi connectivity index (χ0) is 11.2. The van der Waals surface area contributed by atoms with E-state index in [1.165, 1.54) is 5.56 Å². The summed E-state index contributed by atoms with van der Waals surface area (Å²) in [6, 6.07) is 6.38. The number of rotatable bonds is 2. The quantitative estimate of drug-likeness (QED) is 0.896. The highest BCUT2D eigenvalue weighted by molar-refractivity contribution is 9.10. The maximum Gasteiger partial charge on any atom is 0.123 e. The van der Waals surface area contributed by atoms with Crippen molar-refractivity contribution in [2.24, 2.45) is 11.1 Å². The van der Waals surface area contributed by atoms with Crippen molar-refractivity contribution in [1.82, 2.24) is 0 Å². The molecule has 1 aliphatic rings.